The monoisotopic (exact) mass is 406 g/mol. The van der Waals surface area contributed by atoms with E-state index in [9.17, 15) is 9.59 Å². The number of ether oxygens (including phenoxy) is 3. The molecule has 3 rings (SSSR count). The van der Waals surface area contributed by atoms with Crippen LogP contribution in [0.2, 0.25) is 10.0 Å². The van der Waals surface area contributed by atoms with Crippen LogP contribution in [-0.4, -0.2) is 24.8 Å². The zero-order chi connectivity index (χ0) is 19.6. The molecular weight excluding hydrogens is 395 g/mol. The Kier molecular flexibility index (Phi) is 5.40. The predicted molar refractivity (Wildman–Crippen MR) is 97.2 cm³/mol. The number of halogens is 2. The van der Waals surface area contributed by atoms with Gasteiger partial charge < -0.3 is 19.5 Å². The van der Waals surface area contributed by atoms with Gasteiger partial charge in [-0.15, -0.1) is 0 Å². The minimum Gasteiger partial charge on any atom is -0.454 e. The van der Waals surface area contributed by atoms with Crippen molar-refractivity contribution >= 4 is 40.8 Å². The average molecular weight is 407 g/mol. The van der Waals surface area contributed by atoms with Gasteiger partial charge in [0.05, 0.1) is 21.2 Å². The largest absolute Gasteiger partial charge is 0.454 e. The van der Waals surface area contributed by atoms with E-state index in [1.807, 2.05) is 6.07 Å². The molecule has 27 heavy (non-hydrogen) atoms. The number of anilines is 1. The summed E-state index contributed by atoms with van der Waals surface area (Å²) >= 11 is 12.0. The molecule has 0 aromatic heterocycles. The van der Waals surface area contributed by atoms with Crippen molar-refractivity contribution in [2.24, 2.45) is 0 Å². The molecule has 0 spiro atoms. The van der Waals surface area contributed by atoms with Crippen LogP contribution < -0.4 is 14.8 Å². The highest BCUT2D eigenvalue weighted by Gasteiger charge is 2.24. The first kappa shape index (κ1) is 18.8. The van der Waals surface area contributed by atoms with E-state index in [0.29, 0.717) is 17.2 Å². The zero-order valence-corrected chi connectivity index (χ0v) is 15.4. The minimum absolute atomic E-state index is 0.0134. The third-order valence-corrected chi connectivity index (χ3v) is 4.27. The van der Waals surface area contributed by atoms with Crippen molar-refractivity contribution in [2.45, 2.75) is 13.0 Å². The van der Waals surface area contributed by atoms with Crippen molar-refractivity contribution in [3.05, 3.63) is 51.5 Å². The quantitative estimate of drug-likeness (QED) is 0.775. The molecule has 1 amide bonds. The molecule has 0 saturated carbocycles. The van der Waals surface area contributed by atoms with Crippen molar-refractivity contribution in [2.75, 3.05) is 12.1 Å². The maximum Gasteiger partial charge on any atom is 0.339 e. The number of nitriles is 1. The van der Waals surface area contributed by atoms with E-state index in [1.165, 1.54) is 37.3 Å². The molecule has 2 aromatic carbocycles. The molecule has 2 aromatic rings. The lowest BCUT2D eigenvalue weighted by molar-refractivity contribution is -0.123. The van der Waals surface area contributed by atoms with Gasteiger partial charge in [-0.2, -0.15) is 5.26 Å². The molecule has 9 heteroatoms. The lowest BCUT2D eigenvalue weighted by Gasteiger charge is -2.14. The molecule has 1 aliphatic rings. The number of nitrogens with zero attached hydrogens (tertiary/aromatic N) is 1. The number of hydrogen-bond acceptors (Lipinski definition) is 6. The molecular formula is C18H12Cl2N2O5. The van der Waals surface area contributed by atoms with Crippen molar-refractivity contribution in [3.8, 4) is 17.6 Å². The normalized spacial score (nSPS) is 12.8. The van der Waals surface area contributed by atoms with Gasteiger partial charge in [-0.25, -0.2) is 4.79 Å². The summed E-state index contributed by atoms with van der Waals surface area (Å²) in [4.78, 5) is 24.5. The second-order valence-corrected chi connectivity index (χ2v) is 6.35. The maximum absolute atomic E-state index is 12.3. The summed E-state index contributed by atoms with van der Waals surface area (Å²) in [5.74, 6) is -0.609. The Morgan fingerprint density at radius 2 is 2.00 bits per heavy atom. The lowest BCUT2D eigenvalue weighted by atomic mass is 10.2. The third-order valence-electron chi connectivity index (χ3n) is 3.67. The smallest absolute Gasteiger partial charge is 0.339 e. The van der Waals surface area contributed by atoms with Crippen LogP contribution in [0.1, 0.15) is 22.8 Å². The molecule has 0 radical (unpaired) electrons. The molecule has 0 bridgehead atoms. The molecule has 1 heterocycles. The summed E-state index contributed by atoms with van der Waals surface area (Å²) in [6, 6.07) is 9.16. The lowest BCUT2D eigenvalue weighted by Crippen LogP contribution is -2.30. The summed E-state index contributed by atoms with van der Waals surface area (Å²) in [6.45, 7) is 1.44. The van der Waals surface area contributed by atoms with Crippen LogP contribution in [0, 0.1) is 11.3 Å². The van der Waals surface area contributed by atoms with E-state index in [1.54, 1.807) is 0 Å². The van der Waals surface area contributed by atoms with E-state index in [2.05, 4.69) is 5.32 Å². The Morgan fingerprint density at radius 3 is 2.70 bits per heavy atom. The third kappa shape index (κ3) is 4.08. The van der Waals surface area contributed by atoms with E-state index < -0.39 is 18.0 Å². The molecule has 0 saturated heterocycles. The van der Waals surface area contributed by atoms with Gasteiger partial charge in [0.1, 0.15) is 6.07 Å². The van der Waals surface area contributed by atoms with Gasteiger partial charge in [-0.3, -0.25) is 4.79 Å². The summed E-state index contributed by atoms with van der Waals surface area (Å²) < 4.78 is 15.5. The van der Waals surface area contributed by atoms with Gasteiger partial charge in [-0.1, -0.05) is 23.2 Å². The number of hydrogen-bond donors (Lipinski definition) is 1. The predicted octanol–water partition coefficient (Wildman–Crippen LogP) is 3.78. The number of nitrogens with one attached hydrogen (secondary N) is 1. The Labute approximate surface area is 164 Å². The number of fused-ring (bicyclic) bond motifs is 1. The fourth-order valence-electron chi connectivity index (χ4n) is 2.29. The molecule has 0 fully saturated rings. The summed E-state index contributed by atoms with van der Waals surface area (Å²) in [6.07, 6.45) is -1.09. The number of carbonyl (C=O) groups excluding carboxylic acids is 2. The van der Waals surface area contributed by atoms with Gasteiger partial charge in [0.15, 0.2) is 17.6 Å². The molecule has 1 atom stereocenters. The van der Waals surface area contributed by atoms with Gasteiger partial charge in [-0.05, 0) is 37.3 Å². The van der Waals surface area contributed by atoms with E-state index in [0.717, 1.165) is 0 Å². The second-order valence-electron chi connectivity index (χ2n) is 5.54. The Bertz CT molecular complexity index is 971. The number of amides is 1. The van der Waals surface area contributed by atoms with Crippen LogP contribution in [-0.2, 0) is 9.53 Å². The minimum atomic E-state index is -1.09. The average Bonchev–Trinajstić information content (AvgIpc) is 3.11. The Morgan fingerprint density at radius 1 is 1.22 bits per heavy atom. The fourth-order valence-corrected chi connectivity index (χ4v) is 2.78. The highest BCUT2D eigenvalue weighted by atomic mass is 35.5. The molecule has 0 unspecified atom stereocenters. The maximum atomic E-state index is 12.3. The number of carbonyl (C=O) groups is 2. The Hall–Kier alpha value is -2.95. The zero-order valence-electron chi connectivity index (χ0n) is 13.9. The first-order valence-electron chi connectivity index (χ1n) is 7.69. The van der Waals surface area contributed by atoms with E-state index >= 15 is 0 Å². The fraction of sp³-hybridized carbons (Fsp3) is 0.167. The van der Waals surface area contributed by atoms with Crippen LogP contribution in [0.25, 0.3) is 0 Å². The molecule has 1 N–H and O–H groups in total. The van der Waals surface area contributed by atoms with Gasteiger partial charge in [0, 0.05) is 5.69 Å². The number of esters is 1. The van der Waals surface area contributed by atoms with Crippen molar-refractivity contribution in [1.82, 2.24) is 0 Å². The molecule has 7 nitrogen and oxygen atoms in total. The number of rotatable bonds is 4. The summed E-state index contributed by atoms with van der Waals surface area (Å²) in [5, 5.41) is 11.8. The van der Waals surface area contributed by atoms with Crippen LogP contribution in [0.5, 0.6) is 11.5 Å². The van der Waals surface area contributed by atoms with Crippen molar-refractivity contribution in [1.29, 1.82) is 5.26 Å². The van der Waals surface area contributed by atoms with Gasteiger partial charge in [0.25, 0.3) is 5.91 Å². The second kappa shape index (κ2) is 7.74. The standard InChI is InChI=1S/C18H12Cl2N2O5/c1-9(17(23)22-12-3-2-10(7-21)13(19)6-12)27-18(24)11-4-14(20)16-15(5-11)25-8-26-16/h2-6,9H,8H2,1H3,(H,22,23)/t9-/m0/s1. The van der Waals surface area contributed by atoms with Crippen molar-refractivity contribution < 1.29 is 23.8 Å². The van der Waals surface area contributed by atoms with Gasteiger partial charge >= 0.3 is 5.97 Å². The summed E-state index contributed by atoms with van der Waals surface area (Å²) in [7, 11) is 0. The van der Waals surface area contributed by atoms with E-state index in [4.69, 9.17) is 42.7 Å². The van der Waals surface area contributed by atoms with Crippen LogP contribution in [0.3, 0.4) is 0 Å². The molecule has 0 aliphatic carbocycles. The van der Waals surface area contributed by atoms with Gasteiger partial charge in [0.2, 0.25) is 6.79 Å². The van der Waals surface area contributed by atoms with Crippen molar-refractivity contribution in [3.63, 3.8) is 0 Å². The molecule has 138 valence electrons. The van der Waals surface area contributed by atoms with E-state index in [-0.39, 0.29) is 28.0 Å². The molecule has 1 aliphatic heterocycles. The van der Waals surface area contributed by atoms with Crippen LogP contribution in [0.15, 0.2) is 30.3 Å². The van der Waals surface area contributed by atoms with Crippen LogP contribution in [0.4, 0.5) is 5.69 Å². The summed E-state index contributed by atoms with van der Waals surface area (Å²) in [5.41, 5.74) is 0.789. The first-order chi connectivity index (χ1) is 12.9. The number of benzene rings is 2. The van der Waals surface area contributed by atoms with Crippen LogP contribution >= 0.6 is 23.2 Å². The highest BCUT2D eigenvalue weighted by molar-refractivity contribution is 6.33. The SMILES string of the molecule is C[C@H](OC(=O)c1cc(Cl)c2c(c1)OCO2)C(=O)Nc1ccc(C#N)c(Cl)c1. The first-order valence-corrected chi connectivity index (χ1v) is 8.45. The topological polar surface area (TPSA) is 97.7 Å². The Balaban J connectivity index is 1.66. The highest BCUT2D eigenvalue weighted by Crippen LogP contribution is 2.40.